The van der Waals surface area contributed by atoms with Crippen LogP contribution in [-0.2, 0) is 0 Å². The molecule has 0 N–H and O–H groups in total. The van der Waals surface area contributed by atoms with Crippen LogP contribution in [0, 0.1) is 0 Å². The molecule has 0 saturated carbocycles. The van der Waals surface area contributed by atoms with Gasteiger partial charge in [0.05, 0.1) is 12.0 Å². The lowest BCUT2D eigenvalue weighted by Crippen LogP contribution is -2.09. The van der Waals surface area contributed by atoms with Crippen LogP contribution in [0.3, 0.4) is 0 Å². The number of nitrogens with zero attached hydrogens (tertiary/aromatic N) is 2. The molecule has 23 heavy (non-hydrogen) atoms. The molecule has 2 aromatic heterocycles. The molecule has 0 bridgehead atoms. The number of aromatic nitrogens is 2. The Morgan fingerprint density at radius 1 is 0.870 bits per heavy atom. The Labute approximate surface area is 138 Å². The first kappa shape index (κ1) is 15.6. The normalized spacial score (nSPS) is 10.7. The van der Waals surface area contributed by atoms with Crippen molar-refractivity contribution in [3.63, 3.8) is 0 Å². The van der Waals surface area contributed by atoms with Crippen LogP contribution in [0.25, 0.3) is 10.2 Å². The fraction of sp³-hybridized carbons (Fsp3) is 0.294. The van der Waals surface area contributed by atoms with Crippen molar-refractivity contribution in [2.75, 3.05) is 19.8 Å². The maximum absolute atomic E-state index is 5.68. The summed E-state index contributed by atoms with van der Waals surface area (Å²) in [5.41, 5.74) is 0. The van der Waals surface area contributed by atoms with Crippen LogP contribution >= 0.6 is 11.3 Å². The molecule has 0 amide bonds. The van der Waals surface area contributed by atoms with Crippen LogP contribution < -0.4 is 14.2 Å². The number of benzene rings is 1. The summed E-state index contributed by atoms with van der Waals surface area (Å²) in [4.78, 5) is 9.29. The first-order valence-corrected chi connectivity index (χ1v) is 8.41. The van der Waals surface area contributed by atoms with Crippen LogP contribution in [0.15, 0.2) is 42.0 Å². The van der Waals surface area contributed by atoms with E-state index in [2.05, 4.69) is 16.9 Å². The molecule has 2 heterocycles. The van der Waals surface area contributed by atoms with E-state index in [4.69, 9.17) is 14.2 Å². The standard InChI is InChI=1S/C17H18N2O3S/c1-2-8-20-13-3-5-14(6-4-13)21-9-10-22-16-15-7-11-23-17(15)19-12-18-16/h3-7,11-12H,2,8-10H2,1H3. The second-order valence-corrected chi connectivity index (χ2v) is 5.73. The number of thiophene rings is 1. The van der Waals surface area contributed by atoms with Gasteiger partial charge in [-0.05, 0) is 42.1 Å². The van der Waals surface area contributed by atoms with Crippen molar-refractivity contribution in [1.82, 2.24) is 9.97 Å². The van der Waals surface area contributed by atoms with E-state index in [0.29, 0.717) is 19.1 Å². The molecular formula is C17H18N2O3S. The highest BCUT2D eigenvalue weighted by atomic mass is 32.1. The number of hydrogen-bond acceptors (Lipinski definition) is 6. The largest absolute Gasteiger partial charge is 0.494 e. The van der Waals surface area contributed by atoms with Gasteiger partial charge in [0.25, 0.3) is 0 Å². The summed E-state index contributed by atoms with van der Waals surface area (Å²) < 4.78 is 16.9. The van der Waals surface area contributed by atoms with Gasteiger partial charge in [0.2, 0.25) is 5.88 Å². The Balaban J connectivity index is 1.47. The summed E-state index contributed by atoms with van der Waals surface area (Å²) in [5.74, 6) is 2.25. The minimum atomic E-state index is 0.427. The highest BCUT2D eigenvalue weighted by Crippen LogP contribution is 2.25. The van der Waals surface area contributed by atoms with E-state index < -0.39 is 0 Å². The molecule has 5 nitrogen and oxygen atoms in total. The van der Waals surface area contributed by atoms with Crippen LogP contribution in [0.5, 0.6) is 17.4 Å². The van der Waals surface area contributed by atoms with Crippen molar-refractivity contribution in [2.45, 2.75) is 13.3 Å². The van der Waals surface area contributed by atoms with Gasteiger partial charge >= 0.3 is 0 Å². The van der Waals surface area contributed by atoms with Gasteiger partial charge in [-0.2, -0.15) is 0 Å². The summed E-state index contributed by atoms with van der Waals surface area (Å²) in [6.07, 6.45) is 2.51. The zero-order valence-electron chi connectivity index (χ0n) is 12.9. The maximum Gasteiger partial charge on any atom is 0.225 e. The number of rotatable bonds is 8. The quantitative estimate of drug-likeness (QED) is 0.586. The molecule has 0 unspecified atom stereocenters. The van der Waals surface area contributed by atoms with E-state index in [1.54, 1.807) is 11.3 Å². The zero-order chi connectivity index (χ0) is 15.9. The lowest BCUT2D eigenvalue weighted by molar-refractivity contribution is 0.213. The molecule has 3 rings (SSSR count). The van der Waals surface area contributed by atoms with Crippen molar-refractivity contribution in [2.24, 2.45) is 0 Å². The summed E-state index contributed by atoms with van der Waals surface area (Å²) >= 11 is 1.57. The van der Waals surface area contributed by atoms with Gasteiger partial charge in [-0.3, -0.25) is 0 Å². The Hall–Kier alpha value is -2.34. The molecule has 120 valence electrons. The Morgan fingerprint density at radius 3 is 2.30 bits per heavy atom. The van der Waals surface area contributed by atoms with E-state index in [-0.39, 0.29) is 0 Å². The summed E-state index contributed by atoms with van der Waals surface area (Å²) in [5, 5.41) is 2.92. The third-order valence-electron chi connectivity index (χ3n) is 3.11. The Morgan fingerprint density at radius 2 is 1.57 bits per heavy atom. The average Bonchev–Trinajstić information content (AvgIpc) is 3.07. The molecule has 0 aliphatic rings. The summed E-state index contributed by atoms with van der Waals surface area (Å²) in [7, 11) is 0. The van der Waals surface area contributed by atoms with E-state index in [1.165, 1.54) is 6.33 Å². The van der Waals surface area contributed by atoms with Crippen molar-refractivity contribution in [3.05, 3.63) is 42.0 Å². The third kappa shape index (κ3) is 4.10. The van der Waals surface area contributed by atoms with Gasteiger partial charge in [-0.25, -0.2) is 9.97 Å². The molecule has 0 fully saturated rings. The zero-order valence-corrected chi connectivity index (χ0v) is 13.7. The van der Waals surface area contributed by atoms with E-state index >= 15 is 0 Å². The highest BCUT2D eigenvalue weighted by molar-refractivity contribution is 7.16. The maximum atomic E-state index is 5.68. The number of hydrogen-bond donors (Lipinski definition) is 0. The van der Waals surface area contributed by atoms with Gasteiger partial charge < -0.3 is 14.2 Å². The smallest absolute Gasteiger partial charge is 0.225 e. The summed E-state index contributed by atoms with van der Waals surface area (Å²) in [6.45, 7) is 3.68. The second kappa shape index (κ2) is 7.78. The fourth-order valence-electron chi connectivity index (χ4n) is 2.03. The van der Waals surface area contributed by atoms with Crippen molar-refractivity contribution in [3.8, 4) is 17.4 Å². The SMILES string of the molecule is CCCOc1ccc(OCCOc2ncnc3sccc23)cc1. The molecule has 1 aromatic carbocycles. The molecule has 0 radical (unpaired) electrons. The average molecular weight is 330 g/mol. The van der Waals surface area contributed by atoms with Gasteiger partial charge in [-0.15, -0.1) is 11.3 Å². The van der Waals surface area contributed by atoms with Crippen molar-refractivity contribution >= 4 is 21.6 Å². The van der Waals surface area contributed by atoms with Gasteiger partial charge in [0.15, 0.2) is 0 Å². The van der Waals surface area contributed by atoms with E-state index in [9.17, 15) is 0 Å². The minimum Gasteiger partial charge on any atom is -0.494 e. The summed E-state index contributed by atoms with van der Waals surface area (Å²) in [6, 6.07) is 9.57. The molecule has 0 aliphatic heterocycles. The van der Waals surface area contributed by atoms with Crippen LogP contribution in [0.2, 0.25) is 0 Å². The molecule has 0 spiro atoms. The van der Waals surface area contributed by atoms with Crippen LogP contribution in [0.1, 0.15) is 13.3 Å². The first-order valence-electron chi connectivity index (χ1n) is 7.53. The Kier molecular flexibility index (Phi) is 5.26. The Bertz CT molecular complexity index is 743. The monoisotopic (exact) mass is 330 g/mol. The van der Waals surface area contributed by atoms with E-state index in [0.717, 1.165) is 34.7 Å². The topological polar surface area (TPSA) is 53.5 Å². The minimum absolute atomic E-state index is 0.427. The van der Waals surface area contributed by atoms with Gasteiger partial charge in [-0.1, -0.05) is 6.92 Å². The number of ether oxygens (including phenoxy) is 3. The highest BCUT2D eigenvalue weighted by Gasteiger charge is 2.05. The second-order valence-electron chi connectivity index (χ2n) is 4.84. The lowest BCUT2D eigenvalue weighted by atomic mass is 10.3. The van der Waals surface area contributed by atoms with Crippen molar-refractivity contribution in [1.29, 1.82) is 0 Å². The van der Waals surface area contributed by atoms with Crippen LogP contribution in [-0.4, -0.2) is 29.8 Å². The van der Waals surface area contributed by atoms with Gasteiger partial charge in [0, 0.05) is 0 Å². The molecule has 0 aliphatic carbocycles. The fourth-order valence-corrected chi connectivity index (χ4v) is 2.76. The predicted octanol–water partition coefficient (Wildman–Crippen LogP) is 3.94. The molecule has 3 aromatic rings. The van der Waals surface area contributed by atoms with Gasteiger partial charge in [0.1, 0.15) is 35.9 Å². The third-order valence-corrected chi connectivity index (χ3v) is 3.93. The first-order chi connectivity index (χ1) is 11.4. The molecule has 6 heteroatoms. The molecule has 0 atom stereocenters. The van der Waals surface area contributed by atoms with Crippen LogP contribution in [0.4, 0.5) is 0 Å². The lowest BCUT2D eigenvalue weighted by Gasteiger charge is -2.09. The molecule has 0 saturated heterocycles. The molecular weight excluding hydrogens is 312 g/mol. The predicted molar refractivity (Wildman–Crippen MR) is 90.6 cm³/mol. The van der Waals surface area contributed by atoms with E-state index in [1.807, 2.05) is 35.7 Å². The number of fused-ring (bicyclic) bond motifs is 1. The van der Waals surface area contributed by atoms with Crippen molar-refractivity contribution < 1.29 is 14.2 Å².